The van der Waals surface area contributed by atoms with E-state index in [4.69, 9.17) is 9.84 Å². The number of aryl methyl sites for hydroxylation is 1. The Hall–Kier alpha value is -4.06. The first-order valence-electron chi connectivity index (χ1n) is 10.9. The number of aromatic nitrogens is 4. The highest BCUT2D eigenvalue weighted by Gasteiger charge is 2.13. The molecule has 0 radical (unpaired) electrons. The molecule has 164 valence electrons. The maximum absolute atomic E-state index is 12.7. The summed E-state index contributed by atoms with van der Waals surface area (Å²) in [6, 6.07) is 23.9. The van der Waals surface area contributed by atoms with Gasteiger partial charge in [-0.3, -0.25) is 14.1 Å². The van der Waals surface area contributed by atoms with Gasteiger partial charge in [-0.05, 0) is 60.5 Å². The van der Waals surface area contributed by atoms with Crippen LogP contribution in [-0.4, -0.2) is 26.4 Å². The minimum atomic E-state index is -0.363. The van der Waals surface area contributed by atoms with E-state index in [0.717, 1.165) is 44.7 Å². The Morgan fingerprint density at radius 1 is 0.848 bits per heavy atom. The topological polar surface area (TPSA) is 52.8 Å². The van der Waals surface area contributed by atoms with E-state index in [9.17, 15) is 4.39 Å². The van der Waals surface area contributed by atoms with Crippen molar-refractivity contribution in [1.82, 2.24) is 19.7 Å². The molecule has 0 aliphatic heterocycles. The number of para-hydroxylation sites is 1. The molecule has 0 unspecified atom stereocenters. The summed E-state index contributed by atoms with van der Waals surface area (Å²) in [5, 5.41) is 5.84. The first-order chi connectivity index (χ1) is 16.3. The molecule has 0 N–H and O–H groups in total. The van der Waals surface area contributed by atoms with Crippen LogP contribution in [0.1, 0.15) is 12.1 Å². The highest BCUT2D eigenvalue weighted by atomic mass is 18.2. The van der Waals surface area contributed by atoms with Gasteiger partial charge in [-0.15, -0.1) is 0 Å². The number of ether oxygens (including phenoxy) is 1. The van der Waals surface area contributed by atoms with Gasteiger partial charge >= 0.3 is 0 Å². The van der Waals surface area contributed by atoms with Crippen molar-refractivity contribution in [1.29, 1.82) is 0 Å². The third kappa shape index (κ3) is 4.75. The van der Waals surface area contributed by atoms with E-state index in [1.54, 1.807) is 17.1 Å². The van der Waals surface area contributed by atoms with Gasteiger partial charge in [0.15, 0.2) is 0 Å². The summed E-state index contributed by atoms with van der Waals surface area (Å²) in [6.45, 7) is 0.566. The third-order valence-corrected chi connectivity index (χ3v) is 5.44. The Morgan fingerprint density at radius 3 is 2.48 bits per heavy atom. The van der Waals surface area contributed by atoms with Crippen LogP contribution in [0.25, 0.3) is 33.3 Å². The molecule has 0 amide bonds. The first kappa shape index (κ1) is 20.8. The second-order valence-corrected chi connectivity index (χ2v) is 7.74. The van der Waals surface area contributed by atoms with Gasteiger partial charge in [0, 0.05) is 41.6 Å². The summed E-state index contributed by atoms with van der Waals surface area (Å²) in [5.74, 6) is 0.760. The minimum absolute atomic E-state index is 0.363. The molecule has 33 heavy (non-hydrogen) atoms. The number of alkyl halides is 1. The van der Waals surface area contributed by atoms with Crippen LogP contribution < -0.4 is 4.74 Å². The summed E-state index contributed by atoms with van der Waals surface area (Å²) < 4.78 is 20.5. The Labute approximate surface area is 191 Å². The maximum atomic E-state index is 12.7. The normalized spacial score (nSPS) is 11.1. The fourth-order valence-corrected chi connectivity index (χ4v) is 3.77. The zero-order valence-electron chi connectivity index (χ0n) is 18.1. The van der Waals surface area contributed by atoms with Crippen molar-refractivity contribution in [2.45, 2.75) is 19.6 Å². The molecule has 0 spiro atoms. The predicted molar refractivity (Wildman–Crippen MR) is 128 cm³/mol. The number of rotatable bonds is 8. The Bertz CT molecular complexity index is 1350. The van der Waals surface area contributed by atoms with Crippen LogP contribution in [-0.2, 0) is 13.2 Å². The van der Waals surface area contributed by atoms with Crippen molar-refractivity contribution in [2.75, 3.05) is 6.67 Å². The van der Waals surface area contributed by atoms with E-state index in [0.29, 0.717) is 19.6 Å². The van der Waals surface area contributed by atoms with Crippen LogP contribution in [0.15, 0.2) is 91.4 Å². The number of hydrogen-bond donors (Lipinski definition) is 0. The van der Waals surface area contributed by atoms with E-state index < -0.39 is 0 Å². The zero-order valence-corrected chi connectivity index (χ0v) is 18.1. The van der Waals surface area contributed by atoms with Crippen LogP contribution in [0, 0.1) is 0 Å². The molecular weight excluding hydrogens is 414 g/mol. The van der Waals surface area contributed by atoms with Crippen LogP contribution >= 0.6 is 0 Å². The monoisotopic (exact) mass is 437 g/mol. The highest BCUT2D eigenvalue weighted by molar-refractivity contribution is 5.80. The van der Waals surface area contributed by atoms with E-state index >= 15 is 0 Å². The van der Waals surface area contributed by atoms with E-state index in [-0.39, 0.29) is 6.67 Å². The molecule has 3 aromatic heterocycles. The molecule has 5 nitrogen and oxygen atoms in total. The summed E-state index contributed by atoms with van der Waals surface area (Å²) in [4.78, 5) is 8.76. The van der Waals surface area contributed by atoms with Gasteiger partial charge in [0.1, 0.15) is 18.1 Å². The Kier molecular flexibility index (Phi) is 6.06. The molecule has 0 fully saturated rings. The van der Waals surface area contributed by atoms with Gasteiger partial charge in [0.25, 0.3) is 0 Å². The summed E-state index contributed by atoms with van der Waals surface area (Å²) in [5.41, 5.74) is 5.67. The molecule has 5 rings (SSSR count). The van der Waals surface area contributed by atoms with Crippen LogP contribution in [0.4, 0.5) is 4.39 Å². The number of benzene rings is 2. The molecule has 0 saturated heterocycles. The number of fused-ring (bicyclic) bond motifs is 1. The lowest BCUT2D eigenvalue weighted by molar-refractivity contribution is 0.302. The van der Waals surface area contributed by atoms with Crippen molar-refractivity contribution in [3.05, 3.63) is 97.1 Å². The first-order valence-corrected chi connectivity index (χ1v) is 10.9. The molecule has 2 aromatic carbocycles. The fraction of sp³-hybridized carbons (Fsp3) is 0.148. The second-order valence-electron chi connectivity index (χ2n) is 7.74. The minimum Gasteiger partial charge on any atom is -0.487 e. The Morgan fingerprint density at radius 2 is 1.67 bits per heavy atom. The lowest BCUT2D eigenvalue weighted by Crippen LogP contribution is -1.99. The van der Waals surface area contributed by atoms with Gasteiger partial charge in [0.2, 0.25) is 0 Å². The largest absolute Gasteiger partial charge is 0.487 e. The molecule has 5 aromatic rings. The second kappa shape index (κ2) is 9.61. The number of halogens is 1. The van der Waals surface area contributed by atoms with Gasteiger partial charge < -0.3 is 4.74 Å². The molecule has 0 saturated carbocycles. The molecule has 0 aliphatic rings. The van der Waals surface area contributed by atoms with E-state index in [2.05, 4.69) is 16.0 Å². The maximum Gasteiger partial charge on any atom is 0.130 e. The van der Waals surface area contributed by atoms with Crippen molar-refractivity contribution < 1.29 is 9.13 Å². The quantitative estimate of drug-likeness (QED) is 0.294. The standard InChI is InChI=1S/C27H23FN4O/c28-14-3-17-32-18-25(20-12-15-29-16-13-20)27(31-32)22-7-10-24(11-8-22)33-19-23-9-6-21-4-1-2-5-26(21)30-23/h1-2,4-13,15-16,18H,3,14,17,19H2/i28-1. The van der Waals surface area contributed by atoms with Crippen LogP contribution in [0.2, 0.25) is 0 Å². The lowest BCUT2D eigenvalue weighted by atomic mass is 10.0. The van der Waals surface area contributed by atoms with Crippen molar-refractivity contribution in [3.8, 4) is 28.1 Å². The average molecular weight is 438 g/mol. The Balaban J connectivity index is 1.35. The molecule has 3 heterocycles. The molecule has 0 atom stereocenters. The van der Waals surface area contributed by atoms with Crippen LogP contribution in [0.3, 0.4) is 0 Å². The highest BCUT2D eigenvalue weighted by Crippen LogP contribution is 2.32. The molecule has 0 aliphatic carbocycles. The van der Waals surface area contributed by atoms with Crippen molar-refractivity contribution in [3.63, 3.8) is 0 Å². The zero-order chi connectivity index (χ0) is 22.5. The number of hydrogen-bond acceptors (Lipinski definition) is 4. The number of nitrogens with zero attached hydrogens (tertiary/aromatic N) is 4. The average Bonchev–Trinajstić information content (AvgIpc) is 3.31. The summed E-state index contributed by atoms with van der Waals surface area (Å²) >= 11 is 0. The van der Waals surface area contributed by atoms with Crippen molar-refractivity contribution >= 4 is 10.9 Å². The summed E-state index contributed by atoms with van der Waals surface area (Å²) in [7, 11) is 0. The number of pyridine rings is 2. The third-order valence-electron chi connectivity index (χ3n) is 5.44. The van der Waals surface area contributed by atoms with Crippen molar-refractivity contribution in [2.24, 2.45) is 0 Å². The smallest absolute Gasteiger partial charge is 0.130 e. The van der Waals surface area contributed by atoms with Crippen LogP contribution in [0.5, 0.6) is 5.75 Å². The van der Waals surface area contributed by atoms with E-state index in [1.165, 1.54) is 0 Å². The van der Waals surface area contributed by atoms with Gasteiger partial charge in [0.05, 0.1) is 17.9 Å². The molecular formula is C27H23FN4O. The predicted octanol–water partition coefficient (Wildman–Crippen LogP) is 6.10. The molecule has 0 bridgehead atoms. The SMILES string of the molecule is [18F]CCCn1cc(-c2ccncc2)c(-c2ccc(OCc3ccc4ccccc4n3)cc2)n1. The van der Waals surface area contributed by atoms with Gasteiger partial charge in [-0.2, -0.15) is 5.10 Å². The van der Waals surface area contributed by atoms with Gasteiger partial charge in [-0.1, -0.05) is 24.3 Å². The summed E-state index contributed by atoms with van der Waals surface area (Å²) in [6.07, 6.45) is 5.92. The lowest BCUT2D eigenvalue weighted by Gasteiger charge is -2.08. The fourth-order valence-electron chi connectivity index (χ4n) is 3.77. The van der Waals surface area contributed by atoms with Gasteiger partial charge in [-0.25, -0.2) is 4.98 Å². The van der Waals surface area contributed by atoms with E-state index in [1.807, 2.05) is 72.9 Å². The molecule has 6 heteroatoms.